The number of hydrogen-bond donors (Lipinski definition) is 0. The summed E-state index contributed by atoms with van der Waals surface area (Å²) in [6.07, 6.45) is -0.0720. The first-order valence-electron chi connectivity index (χ1n) is 11.4. The molecule has 190 valence electrons. The van der Waals surface area contributed by atoms with Crippen LogP contribution >= 0.6 is 0 Å². The minimum absolute atomic E-state index is 0.0360. The molecule has 0 aliphatic rings. The van der Waals surface area contributed by atoms with Crippen molar-refractivity contribution in [3.63, 3.8) is 0 Å². The number of Topliss-reactive ketones (excluding diaryl/α,β-unsaturated/α-hetero) is 2. The summed E-state index contributed by atoms with van der Waals surface area (Å²) < 4.78 is 17.0. The van der Waals surface area contributed by atoms with Gasteiger partial charge in [0.2, 0.25) is 11.8 Å². The molecule has 0 fully saturated rings. The van der Waals surface area contributed by atoms with E-state index in [1.54, 1.807) is 58.3 Å². The van der Waals surface area contributed by atoms with Crippen LogP contribution in [0.1, 0.15) is 61.3 Å². The van der Waals surface area contributed by atoms with Gasteiger partial charge in [0.15, 0.2) is 11.6 Å². The Hall–Kier alpha value is -2.99. The average molecular weight is 567 g/mol. The number of benzene rings is 2. The monoisotopic (exact) mass is 568 g/mol. The molecular formula is C26H34MoN2O6. The standard InChI is InChI=1S/2C13H17NO2.Mo.2O/c2*1-3-14(4-2)13(16)10-12(15)11-8-6-5-7-9-11;;;/h2*5-9H,3-4,10H2,1-2H3;;;. The molecule has 0 aliphatic carbocycles. The fourth-order valence-corrected chi connectivity index (χ4v) is 3.10. The molecule has 0 bridgehead atoms. The summed E-state index contributed by atoms with van der Waals surface area (Å²) in [6.45, 7) is 10.2. The number of carbonyl (C=O) groups excluding carboxylic acids is 4. The van der Waals surface area contributed by atoms with Gasteiger partial charge in [-0.15, -0.1) is 0 Å². The molecule has 2 aromatic rings. The molecule has 0 aliphatic heterocycles. The number of rotatable bonds is 10. The van der Waals surface area contributed by atoms with Gasteiger partial charge < -0.3 is 9.80 Å². The zero-order chi connectivity index (χ0) is 26.6. The van der Waals surface area contributed by atoms with Crippen molar-refractivity contribution in [1.29, 1.82) is 0 Å². The molecule has 0 unspecified atom stereocenters. The molecule has 0 radical (unpaired) electrons. The van der Waals surface area contributed by atoms with E-state index in [0.29, 0.717) is 37.3 Å². The van der Waals surface area contributed by atoms with E-state index >= 15 is 0 Å². The molecule has 0 heterocycles. The van der Waals surface area contributed by atoms with Gasteiger partial charge in [-0.05, 0) is 27.7 Å². The zero-order valence-electron chi connectivity index (χ0n) is 20.8. The predicted octanol–water partition coefficient (Wildman–Crippen LogP) is 4.02. The molecule has 0 saturated heterocycles. The first kappa shape index (κ1) is 32.0. The van der Waals surface area contributed by atoms with Crippen LogP contribution in [0.3, 0.4) is 0 Å². The summed E-state index contributed by atoms with van der Waals surface area (Å²) in [4.78, 5) is 50.2. The van der Waals surface area contributed by atoms with Crippen molar-refractivity contribution in [3.05, 3.63) is 71.8 Å². The fourth-order valence-electron chi connectivity index (χ4n) is 3.10. The Kier molecular flexibility index (Phi) is 17.7. The van der Waals surface area contributed by atoms with E-state index in [4.69, 9.17) is 6.80 Å². The van der Waals surface area contributed by atoms with Gasteiger partial charge in [0.25, 0.3) is 0 Å². The molecule has 8 nitrogen and oxygen atoms in total. The van der Waals surface area contributed by atoms with E-state index in [9.17, 15) is 19.2 Å². The van der Waals surface area contributed by atoms with E-state index in [2.05, 4.69) is 0 Å². The van der Waals surface area contributed by atoms with Gasteiger partial charge in [0, 0.05) is 37.3 Å². The van der Waals surface area contributed by atoms with Crippen LogP contribution < -0.4 is 0 Å². The van der Waals surface area contributed by atoms with E-state index in [0.717, 1.165) is 0 Å². The topological polar surface area (TPSA) is 109 Å². The predicted molar refractivity (Wildman–Crippen MR) is 128 cm³/mol. The summed E-state index contributed by atoms with van der Waals surface area (Å²) >= 11 is -2.03. The van der Waals surface area contributed by atoms with Crippen molar-refractivity contribution in [2.24, 2.45) is 0 Å². The maximum absolute atomic E-state index is 11.7. The Morgan fingerprint density at radius 1 is 0.571 bits per heavy atom. The fraction of sp³-hybridized carbons (Fsp3) is 0.385. The minimum atomic E-state index is -2.03. The third kappa shape index (κ3) is 12.9. The molecule has 0 N–H and O–H groups in total. The molecule has 2 rings (SSSR count). The molecular weight excluding hydrogens is 532 g/mol. The summed E-state index contributed by atoms with van der Waals surface area (Å²) in [5.41, 5.74) is 1.20. The summed E-state index contributed by atoms with van der Waals surface area (Å²) in [5, 5.41) is 0. The third-order valence-electron chi connectivity index (χ3n) is 5.05. The number of amides is 2. The van der Waals surface area contributed by atoms with Gasteiger partial charge in [0.05, 0.1) is 12.8 Å². The Morgan fingerprint density at radius 2 is 0.829 bits per heavy atom. The van der Waals surface area contributed by atoms with E-state index < -0.39 is 18.5 Å². The first-order valence-corrected chi connectivity index (χ1v) is 13.1. The van der Waals surface area contributed by atoms with Gasteiger partial charge in [-0.25, -0.2) is 0 Å². The Balaban J connectivity index is 0.000000594. The molecule has 2 aromatic carbocycles. The molecule has 0 saturated carbocycles. The van der Waals surface area contributed by atoms with Gasteiger partial charge in [-0.3, -0.25) is 19.2 Å². The van der Waals surface area contributed by atoms with Crippen molar-refractivity contribution < 1.29 is 44.5 Å². The molecule has 0 aromatic heterocycles. The van der Waals surface area contributed by atoms with Crippen LogP contribution in [0.4, 0.5) is 0 Å². The zero-order valence-corrected chi connectivity index (χ0v) is 22.8. The molecule has 0 atom stereocenters. The number of ketones is 2. The average Bonchev–Trinajstić information content (AvgIpc) is 2.87. The second kappa shape index (κ2) is 19.3. The normalized spacial score (nSPS) is 9.37. The van der Waals surface area contributed by atoms with E-state index in [1.165, 1.54) is 0 Å². The van der Waals surface area contributed by atoms with Gasteiger partial charge in [-0.2, -0.15) is 0 Å². The van der Waals surface area contributed by atoms with Crippen molar-refractivity contribution in [2.75, 3.05) is 26.2 Å². The van der Waals surface area contributed by atoms with Crippen LogP contribution in [-0.2, 0) is 34.9 Å². The second-order valence-electron chi connectivity index (χ2n) is 7.13. The summed E-state index contributed by atoms with van der Waals surface area (Å²) in [7, 11) is 0. The Bertz CT molecular complexity index is 879. The van der Waals surface area contributed by atoms with Crippen LogP contribution in [0, 0.1) is 0 Å². The SMILES string of the molecule is CCN(CC)C(=O)CC(=O)c1ccccc1.CCN(CC)C(=O)CC(=O)c1ccccc1.[O]=[Mo]=[O]. The van der Waals surface area contributed by atoms with Crippen LogP contribution in [0.15, 0.2) is 60.7 Å². The molecule has 0 spiro atoms. The summed E-state index contributed by atoms with van der Waals surface area (Å²) in [5.74, 6) is -0.423. The van der Waals surface area contributed by atoms with Gasteiger partial charge in [-0.1, -0.05) is 60.7 Å². The molecule has 9 heteroatoms. The van der Waals surface area contributed by atoms with Gasteiger partial charge >= 0.3 is 25.3 Å². The van der Waals surface area contributed by atoms with Crippen molar-refractivity contribution >= 4 is 23.4 Å². The first-order chi connectivity index (χ1) is 16.8. The Morgan fingerprint density at radius 3 is 1.06 bits per heavy atom. The molecule has 35 heavy (non-hydrogen) atoms. The maximum atomic E-state index is 11.7. The number of carbonyl (C=O) groups is 4. The van der Waals surface area contributed by atoms with E-state index in [-0.39, 0.29) is 36.2 Å². The summed E-state index contributed by atoms with van der Waals surface area (Å²) in [6, 6.07) is 17.8. The van der Waals surface area contributed by atoms with Crippen molar-refractivity contribution in [3.8, 4) is 0 Å². The second-order valence-corrected chi connectivity index (χ2v) is 7.47. The van der Waals surface area contributed by atoms with Crippen LogP contribution in [0.2, 0.25) is 0 Å². The Labute approximate surface area is 215 Å². The van der Waals surface area contributed by atoms with E-state index in [1.807, 2.05) is 39.8 Å². The van der Waals surface area contributed by atoms with Crippen LogP contribution in [0.5, 0.6) is 0 Å². The van der Waals surface area contributed by atoms with Crippen molar-refractivity contribution in [1.82, 2.24) is 9.80 Å². The van der Waals surface area contributed by atoms with Crippen LogP contribution in [0.25, 0.3) is 0 Å². The third-order valence-corrected chi connectivity index (χ3v) is 5.05. The number of hydrogen-bond acceptors (Lipinski definition) is 6. The van der Waals surface area contributed by atoms with Crippen LogP contribution in [-0.4, -0.2) is 59.4 Å². The van der Waals surface area contributed by atoms with Gasteiger partial charge in [0.1, 0.15) is 0 Å². The van der Waals surface area contributed by atoms with Crippen molar-refractivity contribution in [2.45, 2.75) is 40.5 Å². The quantitative estimate of drug-likeness (QED) is 0.244. The molecule has 2 amide bonds. The number of nitrogens with zero attached hydrogens (tertiary/aromatic N) is 2.